The van der Waals surface area contributed by atoms with Crippen LogP contribution in [-0.4, -0.2) is 152 Å². The van der Waals surface area contributed by atoms with Crippen molar-refractivity contribution >= 4 is 64.8 Å². The smallest absolute Gasteiger partial charge is 0.307 e. The van der Waals surface area contributed by atoms with Gasteiger partial charge < -0.3 is 68.2 Å². The van der Waals surface area contributed by atoms with E-state index in [1.54, 1.807) is 31.2 Å². The number of benzene rings is 2. The third-order valence-electron chi connectivity index (χ3n) is 13.3. The number of carboxylic acids is 2. The van der Waals surface area contributed by atoms with Crippen LogP contribution in [0.3, 0.4) is 0 Å². The number of Topliss-reactive ketones (excluding diaryl/α,β-unsaturated/α-hetero) is 1. The average molecular weight is 1050 g/mol. The Labute approximate surface area is 435 Å². The van der Waals surface area contributed by atoms with Gasteiger partial charge in [0.15, 0.2) is 17.5 Å². The summed E-state index contributed by atoms with van der Waals surface area (Å²) in [5.41, 5.74) is 17.9. The number of hydrogen-bond acceptors (Lipinski definition) is 13. The lowest BCUT2D eigenvalue weighted by Crippen LogP contribution is -2.58. The minimum atomic E-state index is -1.46. The van der Waals surface area contributed by atoms with Gasteiger partial charge in [0.2, 0.25) is 29.5 Å². The van der Waals surface area contributed by atoms with Gasteiger partial charge in [-0.3, -0.25) is 48.1 Å². The number of ether oxygens (including phenoxy) is 1. The Morgan fingerprint density at radius 3 is 2.12 bits per heavy atom. The minimum Gasteiger partial charge on any atom is -0.494 e. The standard InChI is InChI=1S/C50H68N12O12.CH4/c1-4-28(2)41(46(69)59-36(24-31-26-54-27-56-31)48(71)61-20-10-17-37(61)39(63)23-30(49(72)73)22-29-12-6-5-7-13-29)60-43(66)32-14-8-15-34(42(32)74-3)57-45(68)38-18-11-21-62(38)47(70)35(16-9-19-55-50(52)53)58-44(67)33(51)25-40(64)65;/h5-8,12-15,26-28,30,33,35-38,41H,4,9-11,16-25,51H2,1-3H3,(H,54,56)(H,57,68)(H,58,67)(H,59,69)(H,60,66)(H,64,65)(H,72,73)(H4,52,53,55);1H4/t28?,30?,33-,35-,36-,37-,38-,41-;/m0./s1. The maximum Gasteiger partial charge on any atom is 0.307 e. The van der Waals surface area contributed by atoms with E-state index in [9.17, 15) is 48.3 Å². The van der Waals surface area contributed by atoms with Crippen molar-refractivity contribution in [1.82, 2.24) is 35.7 Å². The van der Waals surface area contributed by atoms with Crippen molar-refractivity contribution in [3.8, 4) is 5.75 Å². The molecule has 0 radical (unpaired) electrons. The first-order chi connectivity index (χ1) is 35.3. The number of aromatic amines is 1. The van der Waals surface area contributed by atoms with Gasteiger partial charge in [-0.25, -0.2) is 4.98 Å². The molecule has 408 valence electrons. The minimum absolute atomic E-state index is 0. The van der Waals surface area contributed by atoms with Gasteiger partial charge in [-0.1, -0.05) is 64.1 Å². The molecule has 2 unspecified atom stereocenters. The number of amides is 6. The van der Waals surface area contributed by atoms with Gasteiger partial charge in [-0.15, -0.1) is 0 Å². The number of anilines is 1. The van der Waals surface area contributed by atoms with E-state index < -0.39 is 108 Å². The number of nitrogens with zero attached hydrogens (tertiary/aromatic N) is 4. The second-order valence-corrected chi connectivity index (χ2v) is 18.5. The molecule has 2 saturated heterocycles. The van der Waals surface area contributed by atoms with Crippen molar-refractivity contribution in [1.29, 1.82) is 0 Å². The Kier molecular flexibility index (Phi) is 22.7. The highest BCUT2D eigenvalue weighted by Crippen LogP contribution is 2.31. The second-order valence-electron chi connectivity index (χ2n) is 18.5. The summed E-state index contributed by atoms with van der Waals surface area (Å²) >= 11 is 0. The van der Waals surface area contributed by atoms with Crippen LogP contribution in [-0.2, 0) is 51.2 Å². The number of aliphatic carboxylic acids is 2. The fourth-order valence-electron chi connectivity index (χ4n) is 9.16. The molecule has 2 aliphatic heterocycles. The van der Waals surface area contributed by atoms with E-state index >= 15 is 0 Å². The summed E-state index contributed by atoms with van der Waals surface area (Å²) < 4.78 is 5.67. The van der Waals surface area contributed by atoms with E-state index in [0.717, 1.165) is 5.56 Å². The number of H-pyrrole nitrogens is 1. The van der Waals surface area contributed by atoms with E-state index in [-0.39, 0.29) is 88.5 Å². The second kappa shape index (κ2) is 28.5. The van der Waals surface area contributed by atoms with Crippen molar-refractivity contribution in [2.24, 2.45) is 34.0 Å². The predicted molar refractivity (Wildman–Crippen MR) is 276 cm³/mol. The van der Waals surface area contributed by atoms with Crippen LogP contribution in [0, 0.1) is 11.8 Å². The normalized spacial score (nSPS) is 17.4. The molecule has 5 rings (SSSR count). The van der Waals surface area contributed by atoms with Crippen LogP contribution < -0.4 is 43.2 Å². The van der Waals surface area contributed by atoms with Crippen LogP contribution in [0.15, 0.2) is 66.0 Å². The van der Waals surface area contributed by atoms with E-state index in [1.165, 1.54) is 47.6 Å². The third-order valence-corrected chi connectivity index (χ3v) is 13.3. The quantitative estimate of drug-likeness (QED) is 0.0290. The Balaban J connectivity index is 0.0000122. The number of aliphatic imine (C=N–C) groups is 1. The number of para-hydroxylation sites is 1. The number of imidazole rings is 1. The molecule has 24 nitrogen and oxygen atoms in total. The number of likely N-dealkylation sites (tertiary alicyclic amines) is 2. The van der Waals surface area contributed by atoms with Crippen molar-refractivity contribution in [3.05, 3.63) is 77.9 Å². The molecule has 13 N–H and O–H groups in total. The molecule has 3 aromatic rings. The topological polar surface area (TPSA) is 377 Å². The molecule has 1 aromatic heterocycles. The Bertz CT molecular complexity index is 2500. The molecule has 0 spiro atoms. The lowest BCUT2D eigenvalue weighted by Gasteiger charge is -2.31. The van der Waals surface area contributed by atoms with Crippen LogP contribution in [0.4, 0.5) is 5.69 Å². The largest absolute Gasteiger partial charge is 0.494 e. The van der Waals surface area contributed by atoms with E-state index in [4.69, 9.17) is 27.0 Å². The summed E-state index contributed by atoms with van der Waals surface area (Å²) in [7, 11) is 1.28. The number of aromatic nitrogens is 2. The fourth-order valence-corrected chi connectivity index (χ4v) is 9.16. The number of carbonyl (C=O) groups is 9. The monoisotopic (exact) mass is 1040 g/mol. The predicted octanol–water partition coefficient (Wildman–Crippen LogP) is 1.09. The van der Waals surface area contributed by atoms with E-state index in [0.29, 0.717) is 31.4 Å². The lowest BCUT2D eigenvalue weighted by molar-refractivity contribution is -0.145. The van der Waals surface area contributed by atoms with Crippen LogP contribution in [0.1, 0.15) is 101 Å². The van der Waals surface area contributed by atoms with E-state index in [2.05, 4.69) is 36.2 Å². The summed E-state index contributed by atoms with van der Waals surface area (Å²) in [5, 5.41) is 30.1. The Hall–Kier alpha value is -7.89. The van der Waals surface area contributed by atoms with Gasteiger partial charge in [0, 0.05) is 44.4 Å². The summed E-state index contributed by atoms with van der Waals surface area (Å²) in [5.74, 6) is -8.78. The highest BCUT2D eigenvalue weighted by molar-refractivity contribution is 6.05. The number of ketones is 1. The molecule has 0 saturated carbocycles. The van der Waals surface area contributed by atoms with Crippen molar-refractivity contribution in [2.75, 3.05) is 32.1 Å². The van der Waals surface area contributed by atoms with Crippen LogP contribution in [0.2, 0.25) is 0 Å². The van der Waals surface area contributed by atoms with Crippen molar-refractivity contribution in [2.45, 2.75) is 128 Å². The Morgan fingerprint density at radius 2 is 1.51 bits per heavy atom. The molecular weight excluding hydrogens is 973 g/mol. The zero-order valence-corrected chi connectivity index (χ0v) is 41.8. The molecule has 0 aliphatic carbocycles. The zero-order valence-electron chi connectivity index (χ0n) is 41.8. The number of rotatable bonds is 27. The number of nitrogens with two attached hydrogens (primary N) is 3. The van der Waals surface area contributed by atoms with Gasteiger partial charge in [-0.2, -0.15) is 0 Å². The molecule has 3 heterocycles. The summed E-state index contributed by atoms with van der Waals surface area (Å²) in [6.07, 6.45) is 4.11. The van der Waals surface area contributed by atoms with Gasteiger partial charge in [-0.05, 0) is 68.6 Å². The number of hydrogen-bond donors (Lipinski definition) is 10. The summed E-state index contributed by atoms with van der Waals surface area (Å²) in [4.78, 5) is 135. The first-order valence-electron chi connectivity index (χ1n) is 24.6. The molecule has 2 aromatic carbocycles. The maximum absolute atomic E-state index is 14.5. The average Bonchev–Trinajstić information content (AvgIpc) is 4.19. The molecule has 75 heavy (non-hydrogen) atoms. The molecule has 2 fully saturated rings. The molecule has 8 atom stereocenters. The first kappa shape index (κ1) is 59.7. The summed E-state index contributed by atoms with van der Waals surface area (Å²) in [6, 6.07) is 6.26. The van der Waals surface area contributed by atoms with Crippen LogP contribution >= 0.6 is 0 Å². The van der Waals surface area contributed by atoms with E-state index in [1.807, 2.05) is 13.0 Å². The van der Waals surface area contributed by atoms with Crippen molar-refractivity contribution < 1.29 is 58.1 Å². The lowest BCUT2D eigenvalue weighted by atomic mass is 9.91. The molecule has 0 bridgehead atoms. The number of nitrogens with one attached hydrogen (secondary N) is 5. The number of carbonyl (C=O) groups excluding carboxylic acids is 7. The maximum atomic E-state index is 14.5. The van der Waals surface area contributed by atoms with Gasteiger partial charge >= 0.3 is 11.9 Å². The molecule has 6 amide bonds. The highest BCUT2D eigenvalue weighted by atomic mass is 16.5. The van der Waals surface area contributed by atoms with Gasteiger partial charge in [0.25, 0.3) is 5.91 Å². The Morgan fingerprint density at radius 1 is 0.853 bits per heavy atom. The first-order valence-corrected chi connectivity index (χ1v) is 24.6. The highest BCUT2D eigenvalue weighted by Gasteiger charge is 2.41. The number of carboxylic acid groups (broad SMARTS) is 2. The van der Waals surface area contributed by atoms with Crippen molar-refractivity contribution in [3.63, 3.8) is 0 Å². The van der Waals surface area contributed by atoms with Gasteiger partial charge in [0.05, 0.1) is 49.1 Å². The van der Waals surface area contributed by atoms with Crippen LogP contribution in [0.5, 0.6) is 5.75 Å². The molecule has 24 heteroatoms. The molecule has 2 aliphatic rings. The SMILES string of the molecule is C.CCC(C)[C@H](NC(=O)c1cccc(NC(=O)[C@@H]2CCCN2C(=O)[C@H](CCCN=C(N)N)NC(=O)[C@@H](N)CC(=O)O)c1OC)C(=O)N[C@@H](Cc1cnc[nH]1)C(=O)N1CCC[C@H]1C(=O)CC(Cc1ccccc1)C(=O)O. The fraction of sp³-hybridized carbons (Fsp3) is 0.510. The summed E-state index contributed by atoms with van der Waals surface area (Å²) in [6.45, 7) is 4.01. The zero-order chi connectivity index (χ0) is 54.1. The number of methoxy groups -OCH3 is 1. The molecular formula is C51H72N12O12. The van der Waals surface area contributed by atoms with Crippen LogP contribution in [0.25, 0.3) is 0 Å². The van der Waals surface area contributed by atoms with Gasteiger partial charge in [0.1, 0.15) is 24.2 Å². The number of guanidine groups is 1. The third kappa shape index (κ3) is 16.6.